The van der Waals surface area contributed by atoms with Gasteiger partial charge in [0.2, 0.25) is 0 Å². The van der Waals surface area contributed by atoms with E-state index < -0.39 is 0 Å². The molecule has 3 aliphatic rings. The molecule has 0 saturated heterocycles. The van der Waals surface area contributed by atoms with E-state index in [0.29, 0.717) is 0 Å². The fourth-order valence-electron chi connectivity index (χ4n) is 5.42. The minimum Gasteiger partial charge on any atom is -0.313 e. The third-order valence-electron chi connectivity index (χ3n) is 6.91. The van der Waals surface area contributed by atoms with Crippen molar-refractivity contribution in [2.75, 3.05) is 6.54 Å². The number of nitrogens with one attached hydrogen (secondary N) is 1. The summed E-state index contributed by atoms with van der Waals surface area (Å²) in [6, 6.07) is 0.859. The lowest BCUT2D eigenvalue weighted by molar-refractivity contribution is 0.156. The summed E-state index contributed by atoms with van der Waals surface area (Å²) < 4.78 is 0. The maximum atomic E-state index is 3.99. The molecule has 0 aliphatic heterocycles. The van der Waals surface area contributed by atoms with Crippen LogP contribution in [0.5, 0.6) is 0 Å². The molecule has 0 aromatic heterocycles. The molecule has 0 amide bonds. The van der Waals surface area contributed by atoms with Crippen LogP contribution in [0.25, 0.3) is 0 Å². The summed E-state index contributed by atoms with van der Waals surface area (Å²) >= 11 is 0. The first-order valence-corrected chi connectivity index (χ1v) is 9.45. The van der Waals surface area contributed by atoms with E-state index in [-0.39, 0.29) is 0 Å². The molecule has 0 aromatic rings. The zero-order chi connectivity index (χ0) is 14.1. The molecule has 0 aromatic carbocycles. The Bertz CT molecular complexity index is 301. The molecule has 1 heteroatoms. The van der Waals surface area contributed by atoms with Gasteiger partial charge in [-0.05, 0) is 74.2 Å². The van der Waals surface area contributed by atoms with Crippen molar-refractivity contribution in [3.8, 4) is 0 Å². The Kier molecular flexibility index (Phi) is 4.75. The zero-order valence-electron chi connectivity index (χ0n) is 13.9. The average molecular weight is 277 g/mol. The van der Waals surface area contributed by atoms with Crippen LogP contribution in [0.15, 0.2) is 0 Å². The lowest BCUT2D eigenvalue weighted by Crippen LogP contribution is -2.42. The Labute approximate surface area is 126 Å². The molecule has 3 aliphatic carbocycles. The molecule has 1 N–H and O–H groups in total. The molecule has 6 unspecified atom stereocenters. The molecule has 116 valence electrons. The topological polar surface area (TPSA) is 12.0 Å². The van der Waals surface area contributed by atoms with Crippen molar-refractivity contribution in [3.63, 3.8) is 0 Å². The highest BCUT2D eigenvalue weighted by Crippen LogP contribution is 2.59. The lowest BCUT2D eigenvalue weighted by Gasteiger charge is -2.38. The van der Waals surface area contributed by atoms with Gasteiger partial charge in [0.1, 0.15) is 0 Å². The number of fused-ring (bicyclic) bond motifs is 1. The summed E-state index contributed by atoms with van der Waals surface area (Å²) in [6.45, 7) is 8.51. The third kappa shape index (κ3) is 2.93. The monoisotopic (exact) mass is 277 g/mol. The third-order valence-corrected chi connectivity index (χ3v) is 6.91. The van der Waals surface area contributed by atoms with Crippen LogP contribution >= 0.6 is 0 Å². The van der Waals surface area contributed by atoms with Crippen LogP contribution in [0.2, 0.25) is 0 Å². The van der Waals surface area contributed by atoms with Crippen molar-refractivity contribution in [2.24, 2.45) is 35.5 Å². The molecule has 1 nitrogen and oxygen atoms in total. The minimum atomic E-state index is 0.859. The predicted molar refractivity (Wildman–Crippen MR) is 86.7 cm³/mol. The van der Waals surface area contributed by atoms with Crippen molar-refractivity contribution in [3.05, 3.63) is 0 Å². The fourth-order valence-corrected chi connectivity index (χ4v) is 5.42. The Balaban J connectivity index is 1.64. The van der Waals surface area contributed by atoms with Crippen LogP contribution in [0.4, 0.5) is 0 Å². The summed E-state index contributed by atoms with van der Waals surface area (Å²) in [5.74, 6) is 6.14. The first-order chi connectivity index (χ1) is 9.72. The Morgan fingerprint density at radius 1 is 0.950 bits per heavy atom. The second kappa shape index (κ2) is 6.38. The second-order valence-electron chi connectivity index (χ2n) is 8.20. The van der Waals surface area contributed by atoms with Gasteiger partial charge in [-0.25, -0.2) is 0 Å². The predicted octanol–water partition coefficient (Wildman–Crippen LogP) is 4.86. The largest absolute Gasteiger partial charge is 0.313 e. The van der Waals surface area contributed by atoms with E-state index in [9.17, 15) is 0 Å². The van der Waals surface area contributed by atoms with E-state index in [4.69, 9.17) is 0 Å². The highest BCUT2D eigenvalue weighted by molar-refractivity contribution is 5.06. The minimum absolute atomic E-state index is 0.859. The normalized spacial score (nSPS) is 45.8. The van der Waals surface area contributed by atoms with Gasteiger partial charge in [-0.1, -0.05) is 40.0 Å². The number of hydrogen-bond acceptors (Lipinski definition) is 1. The molecular weight excluding hydrogens is 242 g/mol. The van der Waals surface area contributed by atoms with E-state index in [2.05, 4.69) is 26.1 Å². The summed E-state index contributed by atoms with van der Waals surface area (Å²) in [7, 11) is 0. The maximum absolute atomic E-state index is 3.99. The van der Waals surface area contributed by atoms with Crippen LogP contribution < -0.4 is 5.32 Å². The lowest BCUT2D eigenvalue weighted by atomic mass is 9.72. The quantitative estimate of drug-likeness (QED) is 0.756. The fraction of sp³-hybridized carbons (Fsp3) is 1.00. The van der Waals surface area contributed by atoms with E-state index in [1.807, 2.05) is 0 Å². The van der Waals surface area contributed by atoms with Gasteiger partial charge in [-0.15, -0.1) is 0 Å². The first-order valence-electron chi connectivity index (χ1n) is 9.45. The Morgan fingerprint density at radius 3 is 2.25 bits per heavy atom. The van der Waals surface area contributed by atoms with Gasteiger partial charge in [-0.2, -0.15) is 0 Å². The van der Waals surface area contributed by atoms with Crippen molar-refractivity contribution < 1.29 is 0 Å². The van der Waals surface area contributed by atoms with E-state index in [0.717, 1.165) is 41.5 Å². The molecule has 3 rings (SSSR count). The Hall–Kier alpha value is -0.0400. The summed E-state index contributed by atoms with van der Waals surface area (Å²) in [4.78, 5) is 0. The van der Waals surface area contributed by atoms with E-state index in [1.165, 1.54) is 57.9 Å². The highest BCUT2D eigenvalue weighted by Gasteiger charge is 2.55. The van der Waals surface area contributed by atoms with Crippen LogP contribution in [0, 0.1) is 35.5 Å². The van der Waals surface area contributed by atoms with Crippen molar-refractivity contribution >= 4 is 0 Å². The maximum Gasteiger partial charge on any atom is 0.0129 e. The van der Waals surface area contributed by atoms with Gasteiger partial charge in [0, 0.05) is 6.04 Å². The van der Waals surface area contributed by atoms with E-state index >= 15 is 0 Å². The van der Waals surface area contributed by atoms with Crippen molar-refractivity contribution in [1.29, 1.82) is 0 Å². The molecule has 0 spiro atoms. The molecular formula is C19H35N. The summed E-state index contributed by atoms with van der Waals surface area (Å²) in [5, 5.41) is 3.99. The zero-order valence-corrected chi connectivity index (χ0v) is 13.9. The SMILES string of the molecule is CCCNC(C1CCC(C)C(C)C1)C1C2CCCCC21. The standard InChI is InChI=1S/C19H35N/c1-4-11-20-19(15-10-9-13(2)14(3)12-15)18-16-7-5-6-8-17(16)18/h13-20H,4-12H2,1-3H3. The highest BCUT2D eigenvalue weighted by atomic mass is 14.9. The van der Waals surface area contributed by atoms with Crippen LogP contribution in [-0.2, 0) is 0 Å². The summed E-state index contributed by atoms with van der Waals surface area (Å²) in [5.41, 5.74) is 0. The summed E-state index contributed by atoms with van der Waals surface area (Å²) in [6.07, 6.45) is 11.8. The smallest absolute Gasteiger partial charge is 0.0129 e. The molecule has 6 atom stereocenters. The molecule has 20 heavy (non-hydrogen) atoms. The van der Waals surface area contributed by atoms with Crippen molar-refractivity contribution in [1.82, 2.24) is 5.32 Å². The van der Waals surface area contributed by atoms with Gasteiger partial charge < -0.3 is 5.32 Å². The second-order valence-corrected chi connectivity index (χ2v) is 8.20. The van der Waals surface area contributed by atoms with Gasteiger partial charge >= 0.3 is 0 Å². The van der Waals surface area contributed by atoms with E-state index in [1.54, 1.807) is 0 Å². The number of hydrogen-bond donors (Lipinski definition) is 1. The molecule has 0 radical (unpaired) electrons. The molecule has 0 heterocycles. The van der Waals surface area contributed by atoms with Crippen LogP contribution in [0.1, 0.15) is 72.1 Å². The van der Waals surface area contributed by atoms with Crippen LogP contribution in [-0.4, -0.2) is 12.6 Å². The molecule has 3 fully saturated rings. The number of rotatable bonds is 5. The van der Waals surface area contributed by atoms with Crippen molar-refractivity contribution in [2.45, 2.75) is 78.2 Å². The Morgan fingerprint density at radius 2 is 1.65 bits per heavy atom. The van der Waals surface area contributed by atoms with Gasteiger partial charge in [0.25, 0.3) is 0 Å². The molecule has 0 bridgehead atoms. The van der Waals surface area contributed by atoms with Crippen LogP contribution in [0.3, 0.4) is 0 Å². The van der Waals surface area contributed by atoms with Gasteiger partial charge in [-0.3, -0.25) is 0 Å². The first kappa shape index (κ1) is 14.9. The van der Waals surface area contributed by atoms with Gasteiger partial charge in [0.05, 0.1) is 0 Å². The average Bonchev–Trinajstić information content (AvgIpc) is 3.17. The molecule has 3 saturated carbocycles. The van der Waals surface area contributed by atoms with Gasteiger partial charge in [0.15, 0.2) is 0 Å².